The number of amides is 1. The Hall–Kier alpha value is -0.790. The zero-order valence-electron chi connectivity index (χ0n) is 5.92. The van der Waals surface area contributed by atoms with Crippen LogP contribution in [-0.2, 0) is 4.79 Å². The molecule has 1 amide bonds. The number of nitrogens with zero attached hydrogens (tertiary/aromatic N) is 1. The Balaban J connectivity index is 2.22. The predicted molar refractivity (Wildman–Crippen MR) is 38.5 cm³/mol. The summed E-state index contributed by atoms with van der Waals surface area (Å²) in [5.74, 6) is 0.310. The van der Waals surface area contributed by atoms with Crippen molar-refractivity contribution in [2.24, 2.45) is 0 Å². The number of fused-ring (bicyclic) bond motifs is 1. The summed E-state index contributed by atoms with van der Waals surface area (Å²) in [5, 5.41) is 0. The quantitative estimate of drug-likeness (QED) is 0.455. The first-order valence-electron chi connectivity index (χ1n) is 3.84. The summed E-state index contributed by atoms with van der Waals surface area (Å²) in [7, 11) is 0. The van der Waals surface area contributed by atoms with E-state index in [-0.39, 0.29) is 0 Å². The summed E-state index contributed by atoms with van der Waals surface area (Å²) in [5.41, 5.74) is 0. The molecule has 0 radical (unpaired) electrons. The number of hydrogen-bond acceptors (Lipinski definition) is 1. The second-order valence-corrected chi connectivity index (χ2v) is 2.93. The maximum absolute atomic E-state index is 11.2. The maximum Gasteiger partial charge on any atom is 0.226 e. The van der Waals surface area contributed by atoms with E-state index in [4.69, 9.17) is 0 Å². The molecule has 10 heavy (non-hydrogen) atoms. The van der Waals surface area contributed by atoms with Crippen molar-refractivity contribution in [2.45, 2.75) is 25.3 Å². The van der Waals surface area contributed by atoms with Gasteiger partial charge >= 0.3 is 0 Å². The Morgan fingerprint density at radius 2 is 2.50 bits per heavy atom. The van der Waals surface area contributed by atoms with Crippen LogP contribution in [0, 0.1) is 0 Å². The smallest absolute Gasteiger partial charge is 0.226 e. The number of carbonyl (C=O) groups is 1. The van der Waals surface area contributed by atoms with Crippen LogP contribution >= 0.6 is 0 Å². The predicted octanol–water partition coefficient (Wildman–Crippen LogP) is 0.937. The normalized spacial score (nSPS) is 31.0. The summed E-state index contributed by atoms with van der Waals surface area (Å²) >= 11 is 0. The second-order valence-electron chi connectivity index (χ2n) is 2.93. The zero-order valence-corrected chi connectivity index (χ0v) is 5.92. The van der Waals surface area contributed by atoms with Gasteiger partial charge in [-0.1, -0.05) is 12.2 Å². The fraction of sp³-hybridized carbons (Fsp3) is 0.625. The van der Waals surface area contributed by atoms with Crippen molar-refractivity contribution >= 4 is 5.91 Å². The highest BCUT2D eigenvalue weighted by Gasteiger charge is 2.27. The van der Waals surface area contributed by atoms with Gasteiger partial charge in [0.15, 0.2) is 0 Å². The Morgan fingerprint density at radius 3 is 3.30 bits per heavy atom. The van der Waals surface area contributed by atoms with Crippen molar-refractivity contribution in [3.63, 3.8) is 0 Å². The molecule has 2 heterocycles. The molecule has 0 saturated carbocycles. The summed E-state index contributed by atoms with van der Waals surface area (Å²) in [6, 6.07) is 0.446. The molecule has 0 aromatic rings. The molecule has 0 aromatic heterocycles. The van der Waals surface area contributed by atoms with Crippen molar-refractivity contribution < 1.29 is 4.79 Å². The topological polar surface area (TPSA) is 20.3 Å². The lowest BCUT2D eigenvalue weighted by Crippen LogP contribution is -2.36. The van der Waals surface area contributed by atoms with Crippen molar-refractivity contribution in [2.75, 3.05) is 6.54 Å². The van der Waals surface area contributed by atoms with Gasteiger partial charge in [-0.2, -0.15) is 0 Å². The van der Waals surface area contributed by atoms with Gasteiger partial charge in [-0.25, -0.2) is 0 Å². The molecule has 2 aliphatic rings. The second kappa shape index (κ2) is 2.11. The highest BCUT2D eigenvalue weighted by molar-refractivity contribution is 5.79. The fourth-order valence-corrected chi connectivity index (χ4v) is 1.75. The van der Waals surface area contributed by atoms with E-state index in [1.54, 1.807) is 0 Å². The Kier molecular flexibility index (Phi) is 1.26. The van der Waals surface area contributed by atoms with Crippen LogP contribution in [0.25, 0.3) is 0 Å². The molecule has 2 rings (SSSR count). The first kappa shape index (κ1) is 5.96. The largest absolute Gasteiger partial charge is 0.336 e. The van der Waals surface area contributed by atoms with Crippen LogP contribution in [0.4, 0.5) is 0 Å². The van der Waals surface area contributed by atoms with Gasteiger partial charge in [-0.3, -0.25) is 4.79 Å². The van der Waals surface area contributed by atoms with Gasteiger partial charge in [0.2, 0.25) is 5.91 Å². The minimum atomic E-state index is 0.310. The molecule has 0 N–H and O–H groups in total. The monoisotopic (exact) mass is 137 g/mol. The van der Waals surface area contributed by atoms with E-state index in [1.165, 1.54) is 12.8 Å². The van der Waals surface area contributed by atoms with Crippen LogP contribution in [0.2, 0.25) is 0 Å². The molecule has 1 atom stereocenters. The first-order chi connectivity index (χ1) is 4.88. The van der Waals surface area contributed by atoms with Gasteiger partial charge in [0, 0.05) is 13.0 Å². The van der Waals surface area contributed by atoms with E-state index in [0.717, 1.165) is 6.54 Å². The number of rotatable bonds is 0. The highest BCUT2D eigenvalue weighted by Crippen LogP contribution is 2.22. The van der Waals surface area contributed by atoms with Gasteiger partial charge in [0.05, 0.1) is 6.04 Å². The van der Waals surface area contributed by atoms with Crippen LogP contribution in [0.15, 0.2) is 12.2 Å². The molecule has 0 aliphatic carbocycles. The zero-order chi connectivity index (χ0) is 6.97. The van der Waals surface area contributed by atoms with Crippen molar-refractivity contribution in [1.82, 2.24) is 4.90 Å². The summed E-state index contributed by atoms with van der Waals surface area (Å²) in [6.45, 7) is 0.980. The minimum absolute atomic E-state index is 0.310. The standard InChI is InChI=1S/C8H11NO/c10-8-5-1-3-7-4-2-6-9(7)8/h1,3,7H,2,4-6H2/t7-/m0/s1. The van der Waals surface area contributed by atoms with E-state index in [9.17, 15) is 4.79 Å². The molecular formula is C8H11NO. The summed E-state index contributed by atoms with van der Waals surface area (Å²) in [4.78, 5) is 13.1. The maximum atomic E-state index is 11.2. The van der Waals surface area contributed by atoms with Crippen LogP contribution in [-0.4, -0.2) is 23.4 Å². The molecule has 2 aliphatic heterocycles. The van der Waals surface area contributed by atoms with Crippen molar-refractivity contribution in [3.8, 4) is 0 Å². The highest BCUT2D eigenvalue weighted by atomic mass is 16.2. The first-order valence-corrected chi connectivity index (χ1v) is 3.84. The van der Waals surface area contributed by atoms with Crippen LogP contribution < -0.4 is 0 Å². The molecule has 0 aromatic carbocycles. The SMILES string of the molecule is O=C1CC=C[C@H]2CCCN12. The lowest BCUT2D eigenvalue weighted by molar-refractivity contribution is -0.130. The number of hydrogen-bond donors (Lipinski definition) is 0. The minimum Gasteiger partial charge on any atom is -0.336 e. The fourth-order valence-electron chi connectivity index (χ4n) is 1.75. The Bertz CT molecular complexity index is 186. The molecule has 0 unspecified atom stereocenters. The molecule has 1 fully saturated rings. The third-order valence-electron chi connectivity index (χ3n) is 2.27. The third-order valence-corrected chi connectivity index (χ3v) is 2.27. The van der Waals surface area contributed by atoms with Crippen LogP contribution in [0.5, 0.6) is 0 Å². The lowest BCUT2D eigenvalue weighted by atomic mass is 10.1. The molecule has 1 saturated heterocycles. The molecule has 2 heteroatoms. The lowest BCUT2D eigenvalue weighted by Gasteiger charge is -2.24. The molecule has 0 bridgehead atoms. The van der Waals surface area contributed by atoms with E-state index < -0.39 is 0 Å². The van der Waals surface area contributed by atoms with E-state index in [0.29, 0.717) is 18.4 Å². The molecular weight excluding hydrogens is 126 g/mol. The number of carbonyl (C=O) groups excluding carboxylic acids is 1. The average Bonchev–Trinajstić information content (AvgIpc) is 2.36. The van der Waals surface area contributed by atoms with E-state index in [2.05, 4.69) is 6.08 Å². The van der Waals surface area contributed by atoms with Gasteiger partial charge in [-0.05, 0) is 12.8 Å². The molecule has 0 spiro atoms. The summed E-state index contributed by atoms with van der Waals surface area (Å²) in [6.07, 6.45) is 7.13. The van der Waals surface area contributed by atoms with E-state index >= 15 is 0 Å². The summed E-state index contributed by atoms with van der Waals surface area (Å²) < 4.78 is 0. The van der Waals surface area contributed by atoms with E-state index in [1.807, 2.05) is 11.0 Å². The third kappa shape index (κ3) is 0.753. The van der Waals surface area contributed by atoms with Crippen molar-refractivity contribution in [3.05, 3.63) is 12.2 Å². The van der Waals surface area contributed by atoms with Crippen LogP contribution in [0.3, 0.4) is 0 Å². The van der Waals surface area contributed by atoms with Gasteiger partial charge < -0.3 is 4.90 Å². The van der Waals surface area contributed by atoms with Gasteiger partial charge in [0.25, 0.3) is 0 Å². The molecule has 54 valence electrons. The van der Waals surface area contributed by atoms with Gasteiger partial charge in [0.1, 0.15) is 0 Å². The van der Waals surface area contributed by atoms with Crippen LogP contribution in [0.1, 0.15) is 19.3 Å². The average molecular weight is 137 g/mol. The molecule has 2 nitrogen and oxygen atoms in total. The van der Waals surface area contributed by atoms with Gasteiger partial charge in [-0.15, -0.1) is 0 Å². The van der Waals surface area contributed by atoms with Crippen molar-refractivity contribution in [1.29, 1.82) is 0 Å². The Morgan fingerprint density at radius 1 is 1.60 bits per heavy atom. The Labute approximate surface area is 60.5 Å².